The molecular weight excluding hydrogens is 438 g/mol. The van der Waals surface area contributed by atoms with E-state index in [1.165, 1.54) is 4.90 Å². The highest BCUT2D eigenvalue weighted by Gasteiger charge is 2.31. The molecule has 33 heavy (non-hydrogen) atoms. The number of carbonyl (C=O) groups excluding carboxylic acids is 2. The first kappa shape index (κ1) is 26.4. The third kappa shape index (κ3) is 7.05. The Bertz CT molecular complexity index is 1100. The zero-order valence-electron chi connectivity index (χ0n) is 20.4. The second-order valence-electron chi connectivity index (χ2n) is 8.39. The highest BCUT2D eigenvalue weighted by atomic mass is 32.2. The van der Waals surface area contributed by atoms with Crippen LogP contribution in [0.15, 0.2) is 42.5 Å². The smallest absolute Gasteiger partial charge is 0.244 e. The van der Waals surface area contributed by atoms with Gasteiger partial charge in [0.25, 0.3) is 0 Å². The number of hydrogen-bond acceptors (Lipinski definition) is 4. The number of hydrogen-bond donors (Lipinski definition) is 1. The minimum atomic E-state index is -3.74. The Morgan fingerprint density at radius 3 is 2.24 bits per heavy atom. The summed E-state index contributed by atoms with van der Waals surface area (Å²) in [5.74, 6) is -0.681. The summed E-state index contributed by atoms with van der Waals surface area (Å²) in [5.41, 5.74) is 4.03. The summed E-state index contributed by atoms with van der Waals surface area (Å²) >= 11 is 0. The highest BCUT2D eigenvalue weighted by molar-refractivity contribution is 7.92. The summed E-state index contributed by atoms with van der Waals surface area (Å²) in [6, 6.07) is 12.5. The van der Waals surface area contributed by atoms with Gasteiger partial charge in [0.15, 0.2) is 0 Å². The lowest BCUT2D eigenvalue weighted by Gasteiger charge is -2.33. The summed E-state index contributed by atoms with van der Waals surface area (Å²) in [5, 5.41) is 2.80. The topological polar surface area (TPSA) is 86.8 Å². The van der Waals surface area contributed by atoms with Crippen LogP contribution in [-0.2, 0) is 26.2 Å². The van der Waals surface area contributed by atoms with E-state index in [0.29, 0.717) is 18.7 Å². The molecule has 0 radical (unpaired) electrons. The summed E-state index contributed by atoms with van der Waals surface area (Å²) in [6.07, 6.45) is 1.50. The van der Waals surface area contributed by atoms with Crippen LogP contribution in [0.1, 0.15) is 42.5 Å². The fraction of sp³-hybridized carbons (Fsp3) is 0.440. The van der Waals surface area contributed by atoms with Gasteiger partial charge in [-0.05, 0) is 56.9 Å². The fourth-order valence-electron chi connectivity index (χ4n) is 3.80. The van der Waals surface area contributed by atoms with Gasteiger partial charge in [0.1, 0.15) is 12.6 Å². The van der Waals surface area contributed by atoms with E-state index in [4.69, 9.17) is 0 Å². The number of nitrogens with one attached hydrogen (secondary N) is 1. The Morgan fingerprint density at radius 1 is 1.00 bits per heavy atom. The maximum absolute atomic E-state index is 13.6. The van der Waals surface area contributed by atoms with Crippen LogP contribution in [0.3, 0.4) is 0 Å². The molecule has 2 aromatic rings. The molecule has 0 heterocycles. The number of aryl methyl sites for hydroxylation is 3. The molecule has 0 aliphatic heterocycles. The van der Waals surface area contributed by atoms with Crippen molar-refractivity contribution >= 4 is 27.5 Å². The molecule has 2 aromatic carbocycles. The molecular formula is C25H35N3O4S. The van der Waals surface area contributed by atoms with Gasteiger partial charge in [-0.25, -0.2) is 8.42 Å². The zero-order valence-corrected chi connectivity index (χ0v) is 21.2. The van der Waals surface area contributed by atoms with Crippen LogP contribution in [0.25, 0.3) is 0 Å². The van der Waals surface area contributed by atoms with Crippen LogP contribution in [-0.4, -0.2) is 50.5 Å². The average molecular weight is 474 g/mol. The van der Waals surface area contributed by atoms with Crippen molar-refractivity contribution < 1.29 is 18.0 Å². The third-order valence-corrected chi connectivity index (χ3v) is 6.61. The summed E-state index contributed by atoms with van der Waals surface area (Å²) in [7, 11) is -3.74. The van der Waals surface area contributed by atoms with E-state index in [0.717, 1.165) is 32.8 Å². The van der Waals surface area contributed by atoms with Crippen LogP contribution >= 0.6 is 0 Å². The summed E-state index contributed by atoms with van der Waals surface area (Å²) < 4.78 is 26.5. The Hall–Kier alpha value is -2.87. The lowest BCUT2D eigenvalue weighted by molar-refractivity contribution is -0.140. The minimum absolute atomic E-state index is 0.209. The van der Waals surface area contributed by atoms with Crippen molar-refractivity contribution in [3.8, 4) is 0 Å². The number of anilines is 1. The van der Waals surface area contributed by atoms with Gasteiger partial charge in [0.05, 0.1) is 11.9 Å². The Balaban J connectivity index is 2.48. The molecule has 0 saturated heterocycles. The number of carbonyl (C=O) groups is 2. The van der Waals surface area contributed by atoms with Gasteiger partial charge in [-0.3, -0.25) is 13.9 Å². The van der Waals surface area contributed by atoms with E-state index < -0.39 is 22.0 Å². The molecule has 2 amide bonds. The van der Waals surface area contributed by atoms with Crippen LogP contribution in [0.4, 0.5) is 5.69 Å². The van der Waals surface area contributed by atoms with Gasteiger partial charge in [0, 0.05) is 13.1 Å². The first-order chi connectivity index (χ1) is 15.5. The molecule has 0 saturated carbocycles. The second-order valence-corrected chi connectivity index (χ2v) is 10.3. The number of likely N-dealkylation sites (N-methyl/N-ethyl adjacent to an activating group) is 1. The molecule has 0 aromatic heterocycles. The molecule has 2 rings (SSSR count). The Morgan fingerprint density at radius 2 is 1.67 bits per heavy atom. The van der Waals surface area contributed by atoms with E-state index in [1.807, 2.05) is 71.0 Å². The van der Waals surface area contributed by atoms with Crippen molar-refractivity contribution in [2.75, 3.05) is 23.7 Å². The number of rotatable bonds is 10. The lowest BCUT2D eigenvalue weighted by atomic mass is 10.1. The lowest BCUT2D eigenvalue weighted by Crippen LogP contribution is -2.52. The predicted octanol–water partition coefficient (Wildman–Crippen LogP) is 3.32. The van der Waals surface area contributed by atoms with Crippen LogP contribution in [0.5, 0.6) is 0 Å². The van der Waals surface area contributed by atoms with Crippen molar-refractivity contribution in [1.29, 1.82) is 0 Å². The van der Waals surface area contributed by atoms with Gasteiger partial charge in [-0.1, -0.05) is 48.9 Å². The molecule has 0 spiro atoms. The van der Waals surface area contributed by atoms with Gasteiger partial charge in [0.2, 0.25) is 21.8 Å². The summed E-state index contributed by atoms with van der Waals surface area (Å²) in [4.78, 5) is 27.9. The SMILES string of the molecule is CCNC(=O)[C@H](CC)N(Cc1cccc(C)c1)C(=O)CN(c1cc(C)ccc1C)S(C)(=O)=O. The van der Waals surface area contributed by atoms with E-state index >= 15 is 0 Å². The largest absolute Gasteiger partial charge is 0.355 e. The van der Waals surface area contributed by atoms with Crippen LogP contribution < -0.4 is 9.62 Å². The molecule has 180 valence electrons. The highest BCUT2D eigenvalue weighted by Crippen LogP contribution is 2.25. The van der Waals surface area contributed by atoms with Crippen molar-refractivity contribution in [1.82, 2.24) is 10.2 Å². The van der Waals surface area contributed by atoms with Gasteiger partial charge in [-0.15, -0.1) is 0 Å². The molecule has 0 aliphatic rings. The van der Waals surface area contributed by atoms with Gasteiger partial charge < -0.3 is 10.2 Å². The molecule has 7 nitrogen and oxygen atoms in total. The first-order valence-electron chi connectivity index (χ1n) is 11.2. The van der Waals surface area contributed by atoms with E-state index in [1.54, 1.807) is 6.07 Å². The number of nitrogens with zero attached hydrogens (tertiary/aromatic N) is 2. The molecule has 0 unspecified atom stereocenters. The summed E-state index contributed by atoms with van der Waals surface area (Å²) in [6.45, 7) is 9.58. The van der Waals surface area contributed by atoms with E-state index in [9.17, 15) is 18.0 Å². The molecule has 0 fully saturated rings. The van der Waals surface area contributed by atoms with Crippen molar-refractivity contribution in [3.05, 3.63) is 64.7 Å². The molecule has 0 bridgehead atoms. The van der Waals surface area contributed by atoms with E-state index in [2.05, 4.69) is 5.32 Å². The first-order valence-corrected chi connectivity index (χ1v) is 13.0. The number of benzene rings is 2. The number of sulfonamides is 1. The van der Waals surface area contributed by atoms with Gasteiger partial charge in [-0.2, -0.15) is 0 Å². The molecule has 8 heteroatoms. The van der Waals surface area contributed by atoms with E-state index in [-0.39, 0.29) is 19.0 Å². The monoisotopic (exact) mass is 473 g/mol. The van der Waals surface area contributed by atoms with Crippen molar-refractivity contribution in [2.24, 2.45) is 0 Å². The predicted molar refractivity (Wildman–Crippen MR) is 133 cm³/mol. The normalized spacial score (nSPS) is 12.2. The maximum Gasteiger partial charge on any atom is 0.244 e. The number of amides is 2. The van der Waals surface area contributed by atoms with Crippen molar-refractivity contribution in [2.45, 2.75) is 53.6 Å². The van der Waals surface area contributed by atoms with Crippen LogP contribution in [0, 0.1) is 20.8 Å². The maximum atomic E-state index is 13.6. The van der Waals surface area contributed by atoms with Gasteiger partial charge >= 0.3 is 0 Å². The molecule has 1 N–H and O–H groups in total. The Labute approximate surface area is 197 Å². The third-order valence-electron chi connectivity index (χ3n) is 5.48. The fourth-order valence-corrected chi connectivity index (χ4v) is 4.70. The standard InChI is InChI=1S/C25H35N3O4S/c1-7-22(25(30)26-8-2)27(16-21-11-9-10-18(3)14-21)24(29)17-28(33(6,31)32)23-15-19(4)12-13-20(23)5/h9-15,22H,7-8,16-17H2,1-6H3,(H,26,30)/t22-/m0/s1. The minimum Gasteiger partial charge on any atom is -0.355 e. The average Bonchev–Trinajstić information content (AvgIpc) is 2.73. The van der Waals surface area contributed by atoms with Crippen molar-refractivity contribution in [3.63, 3.8) is 0 Å². The quantitative estimate of drug-likeness (QED) is 0.574. The molecule has 0 aliphatic carbocycles. The molecule has 1 atom stereocenters. The second kappa shape index (κ2) is 11.3. The zero-order chi connectivity index (χ0) is 24.8. The Kier molecular flexibility index (Phi) is 9.05. The van der Waals surface area contributed by atoms with Crippen LogP contribution in [0.2, 0.25) is 0 Å².